The number of rotatable bonds is 5. The van der Waals surface area contributed by atoms with Crippen LogP contribution in [0.2, 0.25) is 0 Å². The molecule has 3 rings (SSSR count). The molecule has 9 heteroatoms. The van der Waals surface area contributed by atoms with Gasteiger partial charge in [0.1, 0.15) is 5.60 Å². The van der Waals surface area contributed by atoms with Crippen LogP contribution < -0.4 is 5.32 Å². The third-order valence-electron chi connectivity index (χ3n) is 5.21. The second-order valence-corrected chi connectivity index (χ2v) is 9.55. The molecule has 3 heterocycles. The van der Waals surface area contributed by atoms with Gasteiger partial charge in [-0.3, -0.25) is 9.39 Å². The molecule has 0 unspecified atom stereocenters. The first-order valence-corrected chi connectivity index (χ1v) is 11.5. The quantitative estimate of drug-likeness (QED) is 0.576. The fourth-order valence-corrected chi connectivity index (χ4v) is 4.38. The Balaban J connectivity index is 1.47. The van der Waals surface area contributed by atoms with E-state index < -0.39 is 5.60 Å². The lowest BCUT2D eigenvalue weighted by atomic mass is 9.96. The SMILES string of the molecule is CCN(CC1CCN(C(=NC)NCc2cn3ccsc3n2)CC1)C(=O)OC(C)(C)C. The number of hydrogen-bond acceptors (Lipinski definition) is 5. The molecule has 0 bridgehead atoms. The Hall–Kier alpha value is -2.29. The molecule has 1 saturated heterocycles. The van der Waals surface area contributed by atoms with Gasteiger partial charge in [0.2, 0.25) is 0 Å². The molecule has 1 aliphatic rings. The molecule has 0 aromatic carbocycles. The van der Waals surface area contributed by atoms with E-state index in [0.29, 0.717) is 19.0 Å². The van der Waals surface area contributed by atoms with Crippen LogP contribution in [0.3, 0.4) is 0 Å². The predicted molar refractivity (Wildman–Crippen MR) is 121 cm³/mol. The van der Waals surface area contributed by atoms with Crippen LogP contribution in [-0.4, -0.2) is 70.1 Å². The van der Waals surface area contributed by atoms with Crippen molar-refractivity contribution in [3.05, 3.63) is 23.5 Å². The Morgan fingerprint density at radius 1 is 1.40 bits per heavy atom. The minimum atomic E-state index is -0.462. The van der Waals surface area contributed by atoms with Crippen molar-refractivity contribution in [3.8, 4) is 0 Å². The number of carbonyl (C=O) groups excluding carboxylic acids is 1. The molecule has 2 aromatic rings. The molecule has 0 spiro atoms. The topological polar surface area (TPSA) is 74.5 Å². The number of aromatic nitrogens is 2. The van der Waals surface area contributed by atoms with E-state index in [1.165, 1.54) is 0 Å². The zero-order valence-electron chi connectivity index (χ0n) is 18.7. The summed E-state index contributed by atoms with van der Waals surface area (Å²) < 4.78 is 7.58. The van der Waals surface area contributed by atoms with Crippen molar-refractivity contribution in [2.24, 2.45) is 10.9 Å². The molecule has 0 saturated carbocycles. The third-order valence-corrected chi connectivity index (χ3v) is 5.98. The van der Waals surface area contributed by atoms with Gasteiger partial charge in [0.05, 0.1) is 12.2 Å². The van der Waals surface area contributed by atoms with Crippen LogP contribution in [0.15, 0.2) is 22.8 Å². The molecule has 1 fully saturated rings. The molecule has 0 aliphatic carbocycles. The first-order valence-electron chi connectivity index (χ1n) is 10.6. The van der Waals surface area contributed by atoms with Gasteiger partial charge in [0, 0.05) is 51.0 Å². The number of nitrogens with zero attached hydrogens (tertiary/aromatic N) is 5. The smallest absolute Gasteiger partial charge is 0.410 e. The van der Waals surface area contributed by atoms with Crippen molar-refractivity contribution in [3.63, 3.8) is 0 Å². The number of hydrogen-bond donors (Lipinski definition) is 1. The van der Waals surface area contributed by atoms with E-state index in [9.17, 15) is 4.79 Å². The largest absolute Gasteiger partial charge is 0.444 e. The van der Waals surface area contributed by atoms with Gasteiger partial charge in [-0.25, -0.2) is 9.78 Å². The van der Waals surface area contributed by atoms with Gasteiger partial charge in [-0.1, -0.05) is 0 Å². The van der Waals surface area contributed by atoms with Gasteiger partial charge in [0.25, 0.3) is 0 Å². The first kappa shape index (κ1) is 22.4. The normalized spacial score (nSPS) is 16.2. The fraction of sp³-hybridized carbons (Fsp3) is 0.667. The van der Waals surface area contributed by atoms with E-state index in [-0.39, 0.29) is 6.09 Å². The number of guanidine groups is 1. The lowest BCUT2D eigenvalue weighted by molar-refractivity contribution is 0.0214. The number of piperidine rings is 1. The summed E-state index contributed by atoms with van der Waals surface area (Å²) in [6.45, 7) is 11.6. The van der Waals surface area contributed by atoms with Crippen molar-refractivity contribution in [2.75, 3.05) is 33.2 Å². The number of fused-ring (bicyclic) bond motifs is 1. The van der Waals surface area contributed by atoms with Crippen LogP contribution in [-0.2, 0) is 11.3 Å². The summed E-state index contributed by atoms with van der Waals surface area (Å²) in [5, 5.41) is 5.47. The maximum atomic E-state index is 12.4. The predicted octanol–water partition coefficient (Wildman–Crippen LogP) is 3.44. The maximum absolute atomic E-state index is 12.4. The average molecular weight is 435 g/mol. The average Bonchev–Trinajstić information content (AvgIpc) is 3.28. The van der Waals surface area contributed by atoms with Crippen molar-refractivity contribution >= 4 is 28.4 Å². The number of carbonyl (C=O) groups is 1. The molecule has 0 atom stereocenters. The Labute approximate surface area is 182 Å². The summed E-state index contributed by atoms with van der Waals surface area (Å²) in [6, 6.07) is 0. The van der Waals surface area contributed by atoms with E-state index in [1.807, 2.05) is 61.8 Å². The Bertz CT molecular complexity index is 832. The lowest BCUT2D eigenvalue weighted by Gasteiger charge is -2.36. The van der Waals surface area contributed by atoms with Gasteiger partial charge in [-0.2, -0.15) is 0 Å². The van der Waals surface area contributed by atoms with Crippen molar-refractivity contribution < 1.29 is 9.53 Å². The van der Waals surface area contributed by atoms with Crippen LogP contribution in [0.25, 0.3) is 4.96 Å². The number of ether oxygens (including phenoxy) is 1. The fourth-order valence-electron chi connectivity index (χ4n) is 3.66. The number of imidazole rings is 1. The number of nitrogens with one attached hydrogen (secondary N) is 1. The van der Waals surface area contributed by atoms with E-state index in [2.05, 4.69) is 20.2 Å². The molecule has 166 valence electrons. The van der Waals surface area contributed by atoms with Crippen LogP contribution in [0, 0.1) is 5.92 Å². The monoisotopic (exact) mass is 434 g/mol. The van der Waals surface area contributed by atoms with Crippen LogP contribution >= 0.6 is 11.3 Å². The second-order valence-electron chi connectivity index (χ2n) is 8.68. The minimum absolute atomic E-state index is 0.218. The minimum Gasteiger partial charge on any atom is -0.444 e. The highest BCUT2D eigenvalue weighted by molar-refractivity contribution is 7.15. The molecule has 1 amide bonds. The highest BCUT2D eigenvalue weighted by atomic mass is 32.1. The van der Waals surface area contributed by atoms with E-state index in [1.54, 1.807) is 11.3 Å². The Kier molecular flexibility index (Phi) is 7.23. The van der Waals surface area contributed by atoms with Gasteiger partial charge >= 0.3 is 6.09 Å². The number of aliphatic imine (C=N–C) groups is 1. The maximum Gasteiger partial charge on any atom is 0.410 e. The van der Waals surface area contributed by atoms with Crippen LogP contribution in [0.1, 0.15) is 46.2 Å². The molecular formula is C21H34N6O2S. The summed E-state index contributed by atoms with van der Waals surface area (Å²) in [4.78, 5) is 26.6. The number of likely N-dealkylation sites (tertiary alicyclic amines) is 1. The molecular weight excluding hydrogens is 400 g/mol. The van der Waals surface area contributed by atoms with Gasteiger partial charge in [0.15, 0.2) is 10.9 Å². The summed E-state index contributed by atoms with van der Waals surface area (Å²) in [5.74, 6) is 1.39. The van der Waals surface area contributed by atoms with Gasteiger partial charge in [-0.15, -0.1) is 11.3 Å². The number of thiazole rings is 1. The standard InChI is InChI=1S/C21H34N6O2S/c1-6-25(20(28)29-21(2,3)4)14-16-7-9-26(10-8-16)18(22-5)23-13-17-15-27-11-12-30-19(27)24-17/h11-12,15-16H,6-10,13-14H2,1-5H3,(H,22,23). The van der Waals surface area contributed by atoms with Crippen molar-refractivity contribution in [1.29, 1.82) is 0 Å². The summed E-state index contributed by atoms with van der Waals surface area (Å²) >= 11 is 1.63. The molecule has 2 aromatic heterocycles. The molecule has 0 radical (unpaired) electrons. The zero-order chi connectivity index (χ0) is 21.7. The number of amides is 1. The second kappa shape index (κ2) is 9.68. The van der Waals surface area contributed by atoms with Crippen molar-refractivity contribution in [2.45, 2.75) is 52.7 Å². The Morgan fingerprint density at radius 2 is 2.13 bits per heavy atom. The van der Waals surface area contributed by atoms with Gasteiger partial charge in [-0.05, 0) is 46.5 Å². The molecule has 30 heavy (non-hydrogen) atoms. The highest BCUT2D eigenvalue weighted by Gasteiger charge is 2.27. The van der Waals surface area contributed by atoms with Crippen molar-refractivity contribution in [1.82, 2.24) is 24.5 Å². The first-order chi connectivity index (χ1) is 14.3. The lowest BCUT2D eigenvalue weighted by Crippen LogP contribution is -2.47. The third kappa shape index (κ3) is 5.87. The molecule has 8 nitrogen and oxygen atoms in total. The summed E-state index contributed by atoms with van der Waals surface area (Å²) in [7, 11) is 1.82. The zero-order valence-corrected chi connectivity index (χ0v) is 19.5. The van der Waals surface area contributed by atoms with Crippen LogP contribution in [0.5, 0.6) is 0 Å². The summed E-state index contributed by atoms with van der Waals surface area (Å²) in [5.41, 5.74) is 0.546. The van der Waals surface area contributed by atoms with E-state index >= 15 is 0 Å². The molecule has 1 N–H and O–H groups in total. The summed E-state index contributed by atoms with van der Waals surface area (Å²) in [6.07, 6.45) is 5.91. The van der Waals surface area contributed by atoms with Gasteiger partial charge < -0.3 is 19.9 Å². The molecule has 1 aliphatic heterocycles. The Morgan fingerprint density at radius 3 is 2.73 bits per heavy atom. The van der Waals surface area contributed by atoms with Crippen LogP contribution in [0.4, 0.5) is 4.79 Å². The van der Waals surface area contributed by atoms with E-state index in [4.69, 9.17) is 4.74 Å². The van der Waals surface area contributed by atoms with E-state index in [0.717, 1.165) is 49.1 Å². The highest BCUT2D eigenvalue weighted by Crippen LogP contribution is 2.20.